The summed E-state index contributed by atoms with van der Waals surface area (Å²) in [4.78, 5) is 2.42. The minimum atomic E-state index is -0.440. The summed E-state index contributed by atoms with van der Waals surface area (Å²) in [5.74, 6) is 0. The molecule has 75 heavy (non-hydrogen) atoms. The van der Waals surface area contributed by atoms with E-state index in [1.165, 1.54) is 99.8 Å². The van der Waals surface area contributed by atoms with Gasteiger partial charge in [-0.3, -0.25) is 0 Å². The lowest BCUT2D eigenvalue weighted by Gasteiger charge is -2.32. The number of aromatic nitrogens is 1. The van der Waals surface area contributed by atoms with Crippen LogP contribution in [-0.4, -0.2) is 4.57 Å². The molecule has 0 fully saturated rings. The number of fused-ring (bicyclic) bond motifs is 13. The van der Waals surface area contributed by atoms with Crippen molar-refractivity contribution in [3.8, 4) is 72.4 Å². The van der Waals surface area contributed by atoms with Gasteiger partial charge in [-0.15, -0.1) is 0 Å². The monoisotopic (exact) mass is 952 g/mol. The summed E-state index contributed by atoms with van der Waals surface area (Å²) >= 11 is 0. The molecular formula is C73H48N2. The van der Waals surface area contributed by atoms with Gasteiger partial charge >= 0.3 is 0 Å². The lowest BCUT2D eigenvalue weighted by atomic mass is 9.70. The zero-order valence-electron chi connectivity index (χ0n) is 41.1. The Hall–Kier alpha value is -9.76. The summed E-state index contributed by atoms with van der Waals surface area (Å²) in [5, 5.41) is 2.42. The zero-order chi connectivity index (χ0) is 49.5. The molecule has 15 rings (SSSR count). The van der Waals surface area contributed by atoms with E-state index in [9.17, 15) is 0 Å². The minimum Gasteiger partial charge on any atom is -0.310 e. The van der Waals surface area contributed by atoms with Gasteiger partial charge in [-0.25, -0.2) is 0 Å². The summed E-state index contributed by atoms with van der Waals surface area (Å²) in [6.07, 6.45) is 0. The molecule has 2 aliphatic carbocycles. The van der Waals surface area contributed by atoms with Gasteiger partial charge in [0.05, 0.1) is 16.4 Å². The summed E-state index contributed by atoms with van der Waals surface area (Å²) < 4.78 is 2.45. The normalized spacial score (nSPS) is 12.6. The highest BCUT2D eigenvalue weighted by Crippen LogP contribution is 2.63. The minimum absolute atomic E-state index is 0.440. The average molecular weight is 953 g/mol. The van der Waals surface area contributed by atoms with E-state index in [2.05, 4.69) is 301 Å². The van der Waals surface area contributed by atoms with Gasteiger partial charge in [-0.2, -0.15) is 0 Å². The van der Waals surface area contributed by atoms with Crippen LogP contribution in [0.4, 0.5) is 17.1 Å². The van der Waals surface area contributed by atoms with Crippen LogP contribution < -0.4 is 4.90 Å². The highest BCUT2D eigenvalue weighted by molar-refractivity contribution is 6.12. The van der Waals surface area contributed by atoms with E-state index in [4.69, 9.17) is 0 Å². The van der Waals surface area contributed by atoms with Crippen LogP contribution in [0.2, 0.25) is 0 Å². The van der Waals surface area contributed by atoms with Crippen molar-refractivity contribution in [2.45, 2.75) is 5.41 Å². The van der Waals surface area contributed by atoms with E-state index >= 15 is 0 Å². The Morgan fingerprint density at radius 2 is 0.600 bits per heavy atom. The topological polar surface area (TPSA) is 8.17 Å². The first-order valence-corrected chi connectivity index (χ1v) is 26.0. The number of benzene rings is 12. The van der Waals surface area contributed by atoms with Crippen molar-refractivity contribution in [3.63, 3.8) is 0 Å². The number of rotatable bonds is 8. The van der Waals surface area contributed by atoms with Gasteiger partial charge < -0.3 is 9.47 Å². The second-order valence-corrected chi connectivity index (χ2v) is 19.9. The number of para-hydroxylation sites is 1. The molecular weight excluding hydrogens is 905 g/mol. The molecule has 0 N–H and O–H groups in total. The van der Waals surface area contributed by atoms with Gasteiger partial charge in [0.15, 0.2) is 0 Å². The highest BCUT2D eigenvalue weighted by Gasteiger charge is 2.51. The van der Waals surface area contributed by atoms with Crippen LogP contribution in [0.25, 0.3) is 94.3 Å². The van der Waals surface area contributed by atoms with E-state index in [0.717, 1.165) is 33.8 Å². The van der Waals surface area contributed by atoms with Crippen LogP contribution >= 0.6 is 0 Å². The maximum Gasteiger partial charge on any atom is 0.0726 e. The van der Waals surface area contributed by atoms with Gasteiger partial charge in [0, 0.05) is 33.5 Å². The molecule has 1 spiro atoms. The van der Waals surface area contributed by atoms with Crippen LogP contribution in [0.5, 0.6) is 0 Å². The Labute approximate surface area is 437 Å². The molecule has 1 aromatic heterocycles. The number of nitrogens with zero attached hydrogens (tertiary/aromatic N) is 2. The fourth-order valence-electron chi connectivity index (χ4n) is 12.8. The molecule has 0 amide bonds. The van der Waals surface area contributed by atoms with E-state index in [0.29, 0.717) is 0 Å². The molecule has 0 aliphatic heterocycles. The lowest BCUT2D eigenvalue weighted by Crippen LogP contribution is -2.26. The van der Waals surface area contributed by atoms with Gasteiger partial charge in [0.25, 0.3) is 0 Å². The van der Waals surface area contributed by atoms with Crippen molar-refractivity contribution in [2.24, 2.45) is 0 Å². The third kappa shape index (κ3) is 6.60. The SMILES string of the molecule is c1ccc(-c2ccccc2-c2ccc3c(c2)c2cc(-c4ccccc4-c4ccccc4)ccc2n3-c2ccc(N(c3ccccc3)c3ccc4c(c3)C3(c5ccccc5-c5ccccc53)c3ccccc3-4)cc2)cc1. The number of anilines is 3. The zero-order valence-corrected chi connectivity index (χ0v) is 41.1. The van der Waals surface area contributed by atoms with Crippen molar-refractivity contribution in [1.82, 2.24) is 4.57 Å². The van der Waals surface area contributed by atoms with Crippen molar-refractivity contribution < 1.29 is 0 Å². The second kappa shape index (κ2) is 17.2. The molecule has 2 heteroatoms. The van der Waals surface area contributed by atoms with Crippen LogP contribution in [-0.2, 0) is 5.41 Å². The number of hydrogen-bond acceptors (Lipinski definition) is 1. The lowest BCUT2D eigenvalue weighted by molar-refractivity contribution is 0.793. The van der Waals surface area contributed by atoms with Crippen LogP contribution in [0.1, 0.15) is 22.3 Å². The molecule has 350 valence electrons. The predicted molar refractivity (Wildman–Crippen MR) is 314 cm³/mol. The van der Waals surface area contributed by atoms with Gasteiger partial charge in [-0.1, -0.05) is 218 Å². The van der Waals surface area contributed by atoms with Crippen molar-refractivity contribution in [1.29, 1.82) is 0 Å². The fraction of sp³-hybridized carbons (Fsp3) is 0.0137. The van der Waals surface area contributed by atoms with Gasteiger partial charge in [-0.05, 0) is 162 Å². The molecule has 0 saturated heterocycles. The molecule has 1 heterocycles. The smallest absolute Gasteiger partial charge is 0.0726 e. The predicted octanol–water partition coefficient (Wildman–Crippen LogP) is 19.3. The Bertz CT molecular complexity index is 4140. The molecule has 2 nitrogen and oxygen atoms in total. The Morgan fingerprint density at radius 1 is 0.240 bits per heavy atom. The average Bonchev–Trinajstić information content (AvgIpc) is 4.29. The van der Waals surface area contributed by atoms with Gasteiger partial charge in [0.1, 0.15) is 0 Å². The van der Waals surface area contributed by atoms with Crippen molar-refractivity contribution in [3.05, 3.63) is 313 Å². The van der Waals surface area contributed by atoms with Crippen LogP contribution in [0.3, 0.4) is 0 Å². The highest BCUT2D eigenvalue weighted by atomic mass is 15.1. The van der Waals surface area contributed by atoms with Gasteiger partial charge in [0.2, 0.25) is 0 Å². The third-order valence-corrected chi connectivity index (χ3v) is 16.0. The Morgan fingerprint density at radius 3 is 1.07 bits per heavy atom. The standard InChI is InChI=1S/C73H48N2/c1-4-20-49(21-5-1)57-26-10-12-28-59(57)51-36-44-71-65(46-51)66-47-52(60-29-13-11-27-58(60)50-22-6-2-7-23-50)37-45-72(66)75(71)55-40-38-54(39-41-55)74(53-24-8-3-9-25-53)56-42-43-64-63-32-16-19-35-69(63)73(70(64)48-56)67-33-17-14-30-61(67)62-31-15-18-34-68(62)73/h1-48H. The summed E-state index contributed by atoms with van der Waals surface area (Å²) in [6, 6.07) is 107. The summed E-state index contributed by atoms with van der Waals surface area (Å²) in [5.41, 5.74) is 26.5. The Balaban J connectivity index is 0.896. The molecule has 0 unspecified atom stereocenters. The van der Waals surface area contributed by atoms with Crippen molar-refractivity contribution in [2.75, 3.05) is 4.90 Å². The first-order chi connectivity index (χ1) is 37.2. The number of hydrogen-bond donors (Lipinski definition) is 0. The molecule has 12 aromatic carbocycles. The quantitative estimate of drug-likeness (QED) is 0.147. The second-order valence-electron chi connectivity index (χ2n) is 19.9. The first kappa shape index (κ1) is 42.9. The molecule has 2 aliphatic rings. The third-order valence-electron chi connectivity index (χ3n) is 16.0. The van der Waals surface area contributed by atoms with Crippen molar-refractivity contribution >= 4 is 38.9 Å². The van der Waals surface area contributed by atoms with E-state index < -0.39 is 5.41 Å². The van der Waals surface area contributed by atoms with E-state index in [-0.39, 0.29) is 0 Å². The molecule has 0 atom stereocenters. The molecule has 0 saturated carbocycles. The maximum atomic E-state index is 2.48. The molecule has 13 aromatic rings. The summed E-state index contributed by atoms with van der Waals surface area (Å²) in [6.45, 7) is 0. The maximum absolute atomic E-state index is 2.48. The first-order valence-electron chi connectivity index (χ1n) is 26.0. The largest absolute Gasteiger partial charge is 0.310 e. The van der Waals surface area contributed by atoms with E-state index in [1.54, 1.807) is 0 Å². The van der Waals surface area contributed by atoms with Crippen LogP contribution in [0, 0.1) is 0 Å². The van der Waals surface area contributed by atoms with E-state index in [1.807, 2.05) is 0 Å². The Kier molecular flexibility index (Phi) is 9.83. The molecule has 0 radical (unpaired) electrons. The summed E-state index contributed by atoms with van der Waals surface area (Å²) in [7, 11) is 0. The molecule has 0 bridgehead atoms. The van der Waals surface area contributed by atoms with Crippen LogP contribution in [0.15, 0.2) is 291 Å². The fourth-order valence-corrected chi connectivity index (χ4v) is 12.8.